The Bertz CT molecular complexity index is 1150. The highest BCUT2D eigenvalue weighted by molar-refractivity contribution is 7.10. The Morgan fingerprint density at radius 3 is 2.72 bits per heavy atom. The standard InChI is InChI=1S/C19H21F2N5O2S/c1-12(2)25-5-3-4-16(18(25)27)13-6-15(29-10-13)9-24-11-23-26(19(24)28)8-14(7-22)17(20)21/h3-6,10-12H,7-9,22H2,1-2H3. The molecule has 154 valence electrons. The lowest BCUT2D eigenvalue weighted by Crippen LogP contribution is -2.27. The highest BCUT2D eigenvalue weighted by atomic mass is 32.1. The van der Waals surface area contributed by atoms with E-state index in [1.54, 1.807) is 16.8 Å². The largest absolute Gasteiger partial charge is 0.346 e. The Hall–Kier alpha value is -2.85. The van der Waals surface area contributed by atoms with E-state index in [-0.39, 0.29) is 36.8 Å². The highest BCUT2D eigenvalue weighted by Crippen LogP contribution is 2.24. The van der Waals surface area contributed by atoms with E-state index in [1.807, 2.05) is 31.4 Å². The van der Waals surface area contributed by atoms with Gasteiger partial charge in [0.1, 0.15) is 6.33 Å². The molecule has 0 unspecified atom stereocenters. The predicted molar refractivity (Wildman–Crippen MR) is 108 cm³/mol. The summed E-state index contributed by atoms with van der Waals surface area (Å²) in [5.41, 5.74) is 5.73. The molecular weight excluding hydrogens is 400 g/mol. The van der Waals surface area contributed by atoms with Crippen LogP contribution in [0.15, 0.2) is 57.3 Å². The zero-order valence-corrected chi connectivity index (χ0v) is 16.8. The Morgan fingerprint density at radius 1 is 1.31 bits per heavy atom. The maximum Gasteiger partial charge on any atom is 0.346 e. The summed E-state index contributed by atoms with van der Waals surface area (Å²) >= 11 is 1.41. The summed E-state index contributed by atoms with van der Waals surface area (Å²) in [4.78, 5) is 25.9. The van der Waals surface area contributed by atoms with E-state index in [9.17, 15) is 18.4 Å². The number of hydrogen-bond acceptors (Lipinski definition) is 5. The first kappa shape index (κ1) is 20.9. The minimum atomic E-state index is -1.90. The maximum absolute atomic E-state index is 12.8. The molecule has 0 aliphatic rings. The molecule has 0 radical (unpaired) electrons. The Balaban J connectivity index is 1.84. The van der Waals surface area contributed by atoms with Crippen molar-refractivity contribution in [2.24, 2.45) is 5.73 Å². The zero-order valence-electron chi connectivity index (χ0n) is 16.0. The topological polar surface area (TPSA) is 87.8 Å². The fourth-order valence-corrected chi connectivity index (χ4v) is 3.76. The Morgan fingerprint density at radius 2 is 2.07 bits per heavy atom. The molecule has 10 heteroatoms. The van der Waals surface area contributed by atoms with Crippen molar-refractivity contribution in [3.8, 4) is 11.1 Å². The molecule has 3 rings (SSSR count). The van der Waals surface area contributed by atoms with E-state index < -0.39 is 11.8 Å². The van der Waals surface area contributed by atoms with Crippen LogP contribution in [0.2, 0.25) is 0 Å². The summed E-state index contributed by atoms with van der Waals surface area (Å²) in [5, 5.41) is 5.75. The average Bonchev–Trinajstić information content (AvgIpc) is 3.27. The molecule has 7 nitrogen and oxygen atoms in total. The minimum absolute atomic E-state index is 0.0478. The molecule has 29 heavy (non-hydrogen) atoms. The number of pyridine rings is 1. The van der Waals surface area contributed by atoms with Gasteiger partial charge >= 0.3 is 5.69 Å². The third-order valence-corrected chi connectivity index (χ3v) is 5.39. The van der Waals surface area contributed by atoms with E-state index in [0.29, 0.717) is 5.56 Å². The van der Waals surface area contributed by atoms with Gasteiger partial charge in [-0.3, -0.25) is 9.36 Å². The molecule has 0 bridgehead atoms. The average molecular weight is 421 g/mol. The van der Waals surface area contributed by atoms with Crippen LogP contribution in [0.25, 0.3) is 11.1 Å². The van der Waals surface area contributed by atoms with Gasteiger partial charge in [-0.05, 0) is 43.0 Å². The molecule has 3 aromatic heterocycles. The van der Waals surface area contributed by atoms with Gasteiger partial charge in [0.25, 0.3) is 11.6 Å². The predicted octanol–water partition coefficient (Wildman–Crippen LogP) is 2.67. The molecular formula is C19H21F2N5O2S. The lowest BCUT2D eigenvalue weighted by atomic mass is 10.1. The highest BCUT2D eigenvalue weighted by Gasteiger charge is 2.13. The van der Waals surface area contributed by atoms with Crippen molar-refractivity contribution in [3.63, 3.8) is 0 Å². The van der Waals surface area contributed by atoms with Crippen LogP contribution < -0.4 is 17.0 Å². The second-order valence-corrected chi connectivity index (χ2v) is 7.79. The zero-order chi connectivity index (χ0) is 21.1. The third kappa shape index (κ3) is 4.43. The second-order valence-electron chi connectivity index (χ2n) is 6.80. The van der Waals surface area contributed by atoms with Crippen LogP contribution in [0, 0.1) is 0 Å². The van der Waals surface area contributed by atoms with Crippen LogP contribution in [0.4, 0.5) is 8.78 Å². The van der Waals surface area contributed by atoms with E-state index in [4.69, 9.17) is 5.73 Å². The van der Waals surface area contributed by atoms with Gasteiger partial charge in [0.2, 0.25) is 0 Å². The second kappa shape index (κ2) is 8.66. The summed E-state index contributed by atoms with van der Waals surface area (Å²) in [6.07, 6.45) is 1.16. The molecule has 0 atom stereocenters. The number of thiophene rings is 1. The normalized spacial score (nSPS) is 11.2. The van der Waals surface area contributed by atoms with Gasteiger partial charge in [0.05, 0.1) is 13.1 Å². The quantitative estimate of drug-likeness (QED) is 0.635. The van der Waals surface area contributed by atoms with Gasteiger partial charge in [-0.25, -0.2) is 9.48 Å². The molecule has 0 saturated carbocycles. The van der Waals surface area contributed by atoms with E-state index in [1.165, 1.54) is 22.2 Å². The number of halogens is 2. The third-order valence-electron chi connectivity index (χ3n) is 4.47. The Kier molecular flexibility index (Phi) is 6.23. The van der Waals surface area contributed by atoms with Crippen LogP contribution in [0.1, 0.15) is 24.8 Å². The smallest absolute Gasteiger partial charge is 0.327 e. The van der Waals surface area contributed by atoms with Gasteiger partial charge < -0.3 is 10.3 Å². The number of hydrogen-bond donors (Lipinski definition) is 1. The monoisotopic (exact) mass is 421 g/mol. The van der Waals surface area contributed by atoms with Crippen LogP contribution in [-0.2, 0) is 13.1 Å². The summed E-state index contributed by atoms with van der Waals surface area (Å²) in [5.74, 6) is 0. The van der Waals surface area contributed by atoms with E-state index in [2.05, 4.69) is 5.10 Å². The molecule has 0 aromatic carbocycles. The van der Waals surface area contributed by atoms with Crippen LogP contribution >= 0.6 is 11.3 Å². The maximum atomic E-state index is 12.8. The fourth-order valence-electron chi connectivity index (χ4n) is 2.88. The first-order chi connectivity index (χ1) is 13.8. The molecule has 3 aromatic rings. The number of nitrogens with two attached hydrogens (primary N) is 1. The SMILES string of the molecule is CC(C)n1cccc(-c2csc(Cn3cnn(CC(CN)=C(F)F)c3=O)c2)c1=O. The van der Waals surface area contributed by atoms with Crippen molar-refractivity contribution in [3.05, 3.63) is 73.5 Å². The van der Waals surface area contributed by atoms with Crippen molar-refractivity contribution in [1.82, 2.24) is 18.9 Å². The Labute approximate surface area is 169 Å². The molecule has 2 N–H and O–H groups in total. The summed E-state index contributed by atoms with van der Waals surface area (Å²) in [6, 6.07) is 5.49. The molecule has 0 spiro atoms. The van der Waals surface area contributed by atoms with E-state index in [0.717, 1.165) is 15.1 Å². The number of nitrogens with zero attached hydrogens (tertiary/aromatic N) is 4. The van der Waals surface area contributed by atoms with Crippen molar-refractivity contribution in [2.75, 3.05) is 6.54 Å². The first-order valence-corrected chi connectivity index (χ1v) is 9.84. The summed E-state index contributed by atoms with van der Waals surface area (Å²) < 4.78 is 29.5. The molecule has 3 heterocycles. The van der Waals surface area contributed by atoms with Crippen molar-refractivity contribution >= 4 is 11.3 Å². The van der Waals surface area contributed by atoms with E-state index >= 15 is 0 Å². The molecule has 0 aliphatic heterocycles. The first-order valence-electron chi connectivity index (χ1n) is 8.96. The van der Waals surface area contributed by atoms with Gasteiger partial charge in [-0.1, -0.05) is 0 Å². The van der Waals surface area contributed by atoms with Crippen LogP contribution in [0.3, 0.4) is 0 Å². The summed E-state index contributed by atoms with van der Waals surface area (Å²) in [7, 11) is 0. The molecule has 0 aliphatic carbocycles. The van der Waals surface area contributed by atoms with Crippen LogP contribution in [0.5, 0.6) is 0 Å². The van der Waals surface area contributed by atoms with Gasteiger partial charge in [0, 0.05) is 34.8 Å². The molecule has 0 saturated heterocycles. The minimum Gasteiger partial charge on any atom is -0.327 e. The van der Waals surface area contributed by atoms with Crippen molar-refractivity contribution < 1.29 is 8.78 Å². The number of rotatable bonds is 7. The molecule has 0 fully saturated rings. The lowest BCUT2D eigenvalue weighted by Gasteiger charge is -2.10. The lowest BCUT2D eigenvalue weighted by molar-refractivity contribution is 0.400. The van der Waals surface area contributed by atoms with Crippen molar-refractivity contribution in [2.45, 2.75) is 33.0 Å². The molecule has 0 amide bonds. The van der Waals surface area contributed by atoms with Gasteiger partial charge in [0.15, 0.2) is 0 Å². The van der Waals surface area contributed by atoms with Crippen molar-refractivity contribution in [1.29, 1.82) is 0 Å². The van der Waals surface area contributed by atoms with Crippen LogP contribution in [-0.4, -0.2) is 25.5 Å². The van der Waals surface area contributed by atoms with Gasteiger partial charge in [-0.2, -0.15) is 13.9 Å². The fraction of sp³-hybridized carbons (Fsp3) is 0.316. The summed E-state index contributed by atoms with van der Waals surface area (Å²) in [6.45, 7) is 3.41. The number of aromatic nitrogens is 4. The van der Waals surface area contributed by atoms with Gasteiger partial charge in [-0.15, -0.1) is 11.3 Å².